The van der Waals surface area contributed by atoms with E-state index in [9.17, 15) is 10.1 Å². The molecule has 2 atom stereocenters. The van der Waals surface area contributed by atoms with Crippen molar-refractivity contribution in [3.8, 4) is 17.6 Å². The summed E-state index contributed by atoms with van der Waals surface area (Å²) < 4.78 is 5.81. The number of carbonyl (C=O) groups is 1. The average Bonchev–Trinajstić information content (AvgIpc) is 2.70. The molecule has 1 aliphatic carbocycles. The average molecular weight is 395 g/mol. The molecule has 1 saturated carbocycles. The van der Waals surface area contributed by atoms with E-state index in [0.29, 0.717) is 22.4 Å². The van der Waals surface area contributed by atoms with Crippen LogP contribution < -0.4 is 10.1 Å². The third-order valence-corrected chi connectivity index (χ3v) is 5.26. The second-order valence-electron chi connectivity index (χ2n) is 7.14. The summed E-state index contributed by atoms with van der Waals surface area (Å²) in [5.74, 6) is 1.41. The molecule has 0 saturated heterocycles. The van der Waals surface area contributed by atoms with E-state index in [2.05, 4.69) is 12.2 Å². The van der Waals surface area contributed by atoms with Crippen LogP contribution in [0.15, 0.2) is 54.1 Å². The first-order valence-electron chi connectivity index (χ1n) is 9.51. The van der Waals surface area contributed by atoms with E-state index in [1.165, 1.54) is 6.42 Å². The fourth-order valence-corrected chi connectivity index (χ4v) is 3.52. The molecule has 4 nitrogen and oxygen atoms in total. The van der Waals surface area contributed by atoms with Gasteiger partial charge in [0.25, 0.3) is 5.91 Å². The number of hydrogen-bond donors (Lipinski definition) is 1. The number of carbonyl (C=O) groups excluding carboxylic acids is 1. The van der Waals surface area contributed by atoms with Crippen LogP contribution in [0.4, 0.5) is 0 Å². The zero-order chi connectivity index (χ0) is 19.9. The highest BCUT2D eigenvalue weighted by atomic mass is 35.5. The molecule has 3 rings (SSSR count). The quantitative estimate of drug-likeness (QED) is 0.520. The summed E-state index contributed by atoms with van der Waals surface area (Å²) in [6.45, 7) is 2.15. The van der Waals surface area contributed by atoms with Gasteiger partial charge in [0.05, 0.1) is 0 Å². The van der Waals surface area contributed by atoms with Gasteiger partial charge in [0, 0.05) is 11.1 Å². The Labute approximate surface area is 170 Å². The van der Waals surface area contributed by atoms with Crippen molar-refractivity contribution >= 4 is 23.6 Å². The molecule has 0 bridgehead atoms. The van der Waals surface area contributed by atoms with Crippen molar-refractivity contribution in [1.82, 2.24) is 5.32 Å². The number of amides is 1. The zero-order valence-corrected chi connectivity index (χ0v) is 16.6. The third kappa shape index (κ3) is 5.37. The molecule has 1 aliphatic rings. The van der Waals surface area contributed by atoms with Gasteiger partial charge < -0.3 is 10.1 Å². The van der Waals surface area contributed by atoms with Gasteiger partial charge in [-0.25, -0.2) is 0 Å². The minimum absolute atomic E-state index is 0.0985. The van der Waals surface area contributed by atoms with Gasteiger partial charge in [-0.15, -0.1) is 0 Å². The van der Waals surface area contributed by atoms with Crippen molar-refractivity contribution in [2.75, 3.05) is 0 Å². The molecule has 144 valence electrons. The van der Waals surface area contributed by atoms with Crippen LogP contribution in [0.2, 0.25) is 5.02 Å². The van der Waals surface area contributed by atoms with Crippen LogP contribution in [-0.2, 0) is 4.79 Å². The molecule has 0 aliphatic heterocycles. The molecule has 2 aromatic rings. The zero-order valence-electron chi connectivity index (χ0n) is 15.8. The fraction of sp³-hybridized carbons (Fsp3) is 0.304. The summed E-state index contributed by atoms with van der Waals surface area (Å²) in [6.07, 6.45) is 5.99. The van der Waals surface area contributed by atoms with Gasteiger partial charge in [-0.1, -0.05) is 43.5 Å². The lowest BCUT2D eigenvalue weighted by molar-refractivity contribution is -0.118. The van der Waals surface area contributed by atoms with Crippen LogP contribution in [0, 0.1) is 17.2 Å². The number of nitrogens with one attached hydrogen (secondary N) is 1. The molecule has 2 aromatic carbocycles. The maximum absolute atomic E-state index is 12.6. The highest BCUT2D eigenvalue weighted by Gasteiger charge is 2.24. The Morgan fingerprint density at radius 3 is 2.64 bits per heavy atom. The van der Waals surface area contributed by atoms with E-state index in [-0.39, 0.29) is 17.5 Å². The van der Waals surface area contributed by atoms with Gasteiger partial charge in [0.15, 0.2) is 0 Å². The van der Waals surface area contributed by atoms with Crippen LogP contribution in [0.25, 0.3) is 6.08 Å². The van der Waals surface area contributed by atoms with Gasteiger partial charge in [-0.05, 0) is 66.8 Å². The number of nitrogens with zero attached hydrogens (tertiary/aromatic N) is 1. The number of hydrogen-bond acceptors (Lipinski definition) is 3. The lowest BCUT2D eigenvalue weighted by atomic mass is 9.86. The molecule has 0 spiro atoms. The minimum atomic E-state index is -0.315. The van der Waals surface area contributed by atoms with Gasteiger partial charge in [-0.2, -0.15) is 5.26 Å². The SMILES string of the molecule is CC1CCCCC1NC(=O)C(C#N)=Cc1cccc(Oc2ccc(Cl)cc2)c1. The summed E-state index contributed by atoms with van der Waals surface area (Å²) >= 11 is 5.89. The highest BCUT2D eigenvalue weighted by molar-refractivity contribution is 6.30. The third-order valence-electron chi connectivity index (χ3n) is 5.01. The summed E-state index contributed by atoms with van der Waals surface area (Å²) in [5.41, 5.74) is 0.830. The van der Waals surface area contributed by atoms with Crippen molar-refractivity contribution in [3.63, 3.8) is 0 Å². The Balaban J connectivity index is 1.72. The van der Waals surface area contributed by atoms with E-state index in [0.717, 1.165) is 24.8 Å². The Bertz CT molecular complexity index is 900. The summed E-state index contributed by atoms with van der Waals surface area (Å²) in [7, 11) is 0. The molecule has 0 aromatic heterocycles. The normalized spacial score (nSPS) is 19.5. The lowest BCUT2D eigenvalue weighted by Crippen LogP contribution is -2.41. The van der Waals surface area contributed by atoms with Crippen LogP contribution in [0.1, 0.15) is 38.2 Å². The number of nitriles is 1. The van der Waals surface area contributed by atoms with Crippen molar-refractivity contribution in [2.45, 2.75) is 38.6 Å². The van der Waals surface area contributed by atoms with E-state index in [4.69, 9.17) is 16.3 Å². The van der Waals surface area contributed by atoms with Gasteiger partial charge in [0.1, 0.15) is 23.1 Å². The van der Waals surface area contributed by atoms with Crippen LogP contribution in [0.3, 0.4) is 0 Å². The van der Waals surface area contributed by atoms with Crippen LogP contribution in [0.5, 0.6) is 11.5 Å². The molecule has 1 N–H and O–H groups in total. The Kier molecular flexibility index (Phi) is 6.73. The number of rotatable bonds is 5. The minimum Gasteiger partial charge on any atom is -0.457 e. The number of ether oxygens (including phenoxy) is 1. The van der Waals surface area contributed by atoms with E-state index >= 15 is 0 Å². The summed E-state index contributed by atoms with van der Waals surface area (Å²) in [4.78, 5) is 12.6. The summed E-state index contributed by atoms with van der Waals surface area (Å²) in [6, 6.07) is 16.5. The van der Waals surface area contributed by atoms with E-state index in [1.807, 2.05) is 24.3 Å². The monoisotopic (exact) mass is 394 g/mol. The maximum atomic E-state index is 12.6. The van der Waals surface area contributed by atoms with Crippen molar-refractivity contribution in [2.24, 2.45) is 5.92 Å². The Morgan fingerprint density at radius 1 is 1.18 bits per heavy atom. The Hall–Kier alpha value is -2.77. The van der Waals surface area contributed by atoms with Gasteiger partial charge in [0.2, 0.25) is 0 Å². The Morgan fingerprint density at radius 2 is 1.93 bits per heavy atom. The van der Waals surface area contributed by atoms with Crippen molar-refractivity contribution < 1.29 is 9.53 Å². The molecule has 28 heavy (non-hydrogen) atoms. The van der Waals surface area contributed by atoms with Gasteiger partial charge in [-0.3, -0.25) is 4.79 Å². The number of halogens is 1. The van der Waals surface area contributed by atoms with Gasteiger partial charge >= 0.3 is 0 Å². The first kappa shape index (κ1) is 20.0. The van der Waals surface area contributed by atoms with Crippen LogP contribution >= 0.6 is 11.6 Å². The van der Waals surface area contributed by atoms with E-state index < -0.39 is 0 Å². The first-order chi connectivity index (χ1) is 13.5. The lowest BCUT2D eigenvalue weighted by Gasteiger charge is -2.29. The predicted molar refractivity (Wildman–Crippen MR) is 111 cm³/mol. The molecule has 5 heteroatoms. The summed E-state index contributed by atoms with van der Waals surface area (Å²) in [5, 5.41) is 13.1. The molecule has 0 radical (unpaired) electrons. The second kappa shape index (κ2) is 9.43. The fourth-order valence-electron chi connectivity index (χ4n) is 3.40. The highest BCUT2D eigenvalue weighted by Crippen LogP contribution is 2.26. The maximum Gasteiger partial charge on any atom is 0.262 e. The molecule has 0 heterocycles. The van der Waals surface area contributed by atoms with Crippen molar-refractivity contribution in [3.05, 3.63) is 64.7 Å². The molecular weight excluding hydrogens is 372 g/mol. The molecular formula is C23H23ClN2O2. The molecule has 2 unspecified atom stereocenters. The molecule has 1 amide bonds. The predicted octanol–water partition coefficient (Wildman–Crippen LogP) is 5.73. The smallest absolute Gasteiger partial charge is 0.262 e. The topological polar surface area (TPSA) is 62.1 Å². The molecule has 1 fully saturated rings. The standard InChI is InChI=1S/C23H23ClN2O2/c1-16-5-2-3-8-22(16)26-23(27)18(15-25)13-17-6-4-7-21(14-17)28-20-11-9-19(24)10-12-20/h4,6-7,9-14,16,22H,2-3,5,8H2,1H3,(H,26,27). The second-order valence-corrected chi connectivity index (χ2v) is 7.58. The van der Waals surface area contributed by atoms with Crippen molar-refractivity contribution in [1.29, 1.82) is 5.26 Å². The number of benzene rings is 2. The van der Waals surface area contributed by atoms with Crippen LogP contribution in [-0.4, -0.2) is 11.9 Å². The first-order valence-corrected chi connectivity index (χ1v) is 9.89. The van der Waals surface area contributed by atoms with E-state index in [1.54, 1.807) is 36.4 Å². The largest absolute Gasteiger partial charge is 0.457 e.